The average molecular weight is 345 g/mol. The van der Waals surface area contributed by atoms with E-state index in [-0.39, 0.29) is 11.7 Å². The number of thioether (sulfide) groups is 1. The number of furan rings is 1. The van der Waals surface area contributed by atoms with E-state index < -0.39 is 0 Å². The van der Waals surface area contributed by atoms with Gasteiger partial charge >= 0.3 is 0 Å². The molecule has 24 heavy (non-hydrogen) atoms. The molecule has 2 heterocycles. The summed E-state index contributed by atoms with van der Waals surface area (Å²) in [5, 5.41) is 11.9. The van der Waals surface area contributed by atoms with E-state index in [0.29, 0.717) is 18.3 Å². The smallest absolute Gasteiger partial charge is 0.254 e. The number of tetrazole rings is 1. The molecule has 3 rings (SSSR count). The van der Waals surface area contributed by atoms with Crippen LogP contribution in [0.25, 0.3) is 0 Å². The predicted octanol–water partition coefficient (Wildman–Crippen LogP) is 1.65. The van der Waals surface area contributed by atoms with Gasteiger partial charge in [-0.2, -0.15) is 0 Å². The minimum absolute atomic E-state index is 0.146. The number of benzene rings is 1. The molecule has 0 unspecified atom stereocenters. The Morgan fingerprint density at radius 3 is 2.92 bits per heavy atom. The molecule has 1 N–H and O–H groups in total. The molecule has 1 aromatic carbocycles. The van der Waals surface area contributed by atoms with E-state index in [1.807, 2.05) is 36.4 Å². The van der Waals surface area contributed by atoms with Crippen molar-refractivity contribution in [2.75, 3.05) is 5.75 Å². The Kier molecular flexibility index (Phi) is 5.59. The van der Waals surface area contributed by atoms with Crippen LogP contribution in [0.2, 0.25) is 0 Å². The van der Waals surface area contributed by atoms with Crippen molar-refractivity contribution in [3.05, 3.63) is 60.1 Å². The van der Waals surface area contributed by atoms with Gasteiger partial charge in [-0.1, -0.05) is 42.1 Å². The van der Waals surface area contributed by atoms with Gasteiger partial charge in [0.1, 0.15) is 12.3 Å². The zero-order chi connectivity index (χ0) is 16.6. The Morgan fingerprint density at radius 1 is 1.25 bits per heavy atom. The molecule has 124 valence electrons. The van der Waals surface area contributed by atoms with Crippen molar-refractivity contribution in [1.82, 2.24) is 25.7 Å². The highest BCUT2D eigenvalue weighted by atomic mass is 32.2. The number of nitrogens with zero attached hydrogens (tertiary/aromatic N) is 4. The maximum atomic E-state index is 11.8. The molecule has 0 aliphatic rings. The van der Waals surface area contributed by atoms with Crippen molar-refractivity contribution in [1.29, 1.82) is 0 Å². The third-order valence-corrected chi connectivity index (χ3v) is 3.94. The first-order valence-corrected chi connectivity index (χ1v) is 8.16. The topological polar surface area (TPSA) is 95.1 Å². The Balaban J connectivity index is 1.42. The highest BCUT2D eigenvalue weighted by Crippen LogP contribution is 2.14. The summed E-state index contributed by atoms with van der Waals surface area (Å²) in [6.07, 6.45) is 1.59. The number of hydrogen-bond donors (Lipinski definition) is 1. The number of amides is 1. The Morgan fingerprint density at radius 2 is 2.12 bits per heavy atom. The fourth-order valence-corrected chi connectivity index (χ4v) is 2.55. The molecule has 8 nitrogen and oxygen atoms in total. The van der Waals surface area contributed by atoms with Crippen molar-refractivity contribution in [3.8, 4) is 0 Å². The lowest BCUT2D eigenvalue weighted by Gasteiger charge is -2.06. The molecule has 0 saturated heterocycles. The number of rotatable bonds is 8. The van der Waals surface area contributed by atoms with Crippen LogP contribution in [-0.2, 0) is 22.8 Å². The number of carbonyl (C=O) groups is 1. The molecule has 0 aliphatic heterocycles. The van der Waals surface area contributed by atoms with Crippen LogP contribution in [0.3, 0.4) is 0 Å². The van der Waals surface area contributed by atoms with E-state index in [1.165, 1.54) is 11.8 Å². The van der Waals surface area contributed by atoms with Crippen LogP contribution in [0, 0.1) is 0 Å². The first-order valence-electron chi connectivity index (χ1n) is 7.17. The largest absolute Gasteiger partial charge is 0.467 e. The quantitative estimate of drug-likeness (QED) is 0.490. The third-order valence-electron chi connectivity index (χ3n) is 2.98. The van der Waals surface area contributed by atoms with Crippen LogP contribution in [0.15, 0.2) is 58.3 Å². The summed E-state index contributed by atoms with van der Waals surface area (Å²) < 4.78 is 6.83. The van der Waals surface area contributed by atoms with Crippen molar-refractivity contribution in [2.45, 2.75) is 18.3 Å². The number of hydrogen-bond acceptors (Lipinski definition) is 7. The number of carbonyl (C=O) groups excluding carboxylic acids is 1. The molecule has 0 radical (unpaired) electrons. The van der Waals surface area contributed by atoms with E-state index in [0.717, 1.165) is 11.3 Å². The molecule has 0 spiro atoms. The highest BCUT2D eigenvalue weighted by Gasteiger charge is 2.11. The second-order valence-corrected chi connectivity index (χ2v) is 5.73. The van der Waals surface area contributed by atoms with Crippen molar-refractivity contribution in [3.63, 3.8) is 0 Å². The first-order chi connectivity index (χ1) is 11.8. The number of nitrogens with one attached hydrogen (secondary N) is 1. The molecule has 0 aliphatic carbocycles. The van der Waals surface area contributed by atoms with Gasteiger partial charge in [0.2, 0.25) is 5.16 Å². The SMILES string of the molecule is O=C(CSc1nnnn1Cc1ccco1)NOCc1ccccc1. The van der Waals surface area contributed by atoms with Crippen LogP contribution < -0.4 is 5.48 Å². The minimum atomic E-state index is -0.261. The van der Waals surface area contributed by atoms with Crippen LogP contribution in [0.4, 0.5) is 0 Å². The fourth-order valence-electron chi connectivity index (χ4n) is 1.88. The highest BCUT2D eigenvalue weighted by molar-refractivity contribution is 7.99. The van der Waals surface area contributed by atoms with Gasteiger partial charge in [0.05, 0.1) is 18.6 Å². The summed E-state index contributed by atoms with van der Waals surface area (Å²) in [4.78, 5) is 17.0. The molecular formula is C15H15N5O3S. The van der Waals surface area contributed by atoms with E-state index in [9.17, 15) is 4.79 Å². The van der Waals surface area contributed by atoms with Crippen LogP contribution >= 0.6 is 11.8 Å². The average Bonchev–Trinajstić information content (AvgIpc) is 3.26. The van der Waals surface area contributed by atoms with E-state index >= 15 is 0 Å². The maximum Gasteiger partial charge on any atom is 0.254 e. The van der Waals surface area contributed by atoms with Crippen LogP contribution in [-0.4, -0.2) is 31.9 Å². The van der Waals surface area contributed by atoms with Crippen LogP contribution in [0.1, 0.15) is 11.3 Å². The Hall–Kier alpha value is -2.65. The fraction of sp³-hybridized carbons (Fsp3) is 0.200. The second kappa shape index (κ2) is 8.27. The van der Waals surface area contributed by atoms with E-state index in [2.05, 4.69) is 21.0 Å². The summed E-state index contributed by atoms with van der Waals surface area (Å²) in [6.45, 7) is 0.724. The summed E-state index contributed by atoms with van der Waals surface area (Å²) in [6, 6.07) is 13.2. The third kappa shape index (κ3) is 4.67. The number of hydroxylamine groups is 1. The van der Waals surface area contributed by atoms with Gasteiger partial charge in [-0.3, -0.25) is 9.63 Å². The molecule has 0 fully saturated rings. The maximum absolute atomic E-state index is 11.8. The lowest BCUT2D eigenvalue weighted by molar-refractivity contribution is -0.131. The molecule has 0 atom stereocenters. The summed E-state index contributed by atoms with van der Waals surface area (Å²) in [5.74, 6) is 0.621. The number of aromatic nitrogens is 4. The van der Waals surface area contributed by atoms with Crippen molar-refractivity contribution in [2.24, 2.45) is 0 Å². The standard InChI is InChI=1S/C15H15N5O3S/c21-14(17-23-10-12-5-2-1-3-6-12)11-24-15-16-18-19-20(15)9-13-7-4-8-22-13/h1-8H,9-11H2,(H,17,21). The predicted molar refractivity (Wildman–Crippen MR) is 85.7 cm³/mol. The van der Waals surface area contributed by atoms with E-state index in [1.54, 1.807) is 17.0 Å². The monoisotopic (exact) mass is 345 g/mol. The molecule has 2 aromatic heterocycles. The lowest BCUT2D eigenvalue weighted by Crippen LogP contribution is -2.25. The van der Waals surface area contributed by atoms with Crippen molar-refractivity contribution >= 4 is 17.7 Å². The Labute approximate surface area is 142 Å². The second-order valence-electron chi connectivity index (χ2n) is 4.79. The van der Waals surface area contributed by atoms with Crippen LogP contribution in [0.5, 0.6) is 0 Å². The molecule has 0 saturated carbocycles. The molecular weight excluding hydrogens is 330 g/mol. The molecule has 1 amide bonds. The summed E-state index contributed by atoms with van der Waals surface area (Å²) in [5.41, 5.74) is 3.38. The van der Waals surface area contributed by atoms with Gasteiger partial charge < -0.3 is 4.42 Å². The van der Waals surface area contributed by atoms with E-state index in [4.69, 9.17) is 9.25 Å². The van der Waals surface area contributed by atoms with Gasteiger partial charge in [-0.05, 0) is 28.1 Å². The van der Waals surface area contributed by atoms with Gasteiger partial charge in [0.25, 0.3) is 5.91 Å². The van der Waals surface area contributed by atoms with Crippen molar-refractivity contribution < 1.29 is 14.0 Å². The normalized spacial score (nSPS) is 10.7. The molecule has 3 aromatic rings. The zero-order valence-electron chi connectivity index (χ0n) is 12.7. The van der Waals surface area contributed by atoms with Gasteiger partial charge in [0, 0.05) is 0 Å². The summed E-state index contributed by atoms with van der Waals surface area (Å²) in [7, 11) is 0. The molecule has 9 heteroatoms. The van der Waals surface area contributed by atoms with Gasteiger partial charge in [0.15, 0.2) is 0 Å². The van der Waals surface area contributed by atoms with Gasteiger partial charge in [-0.25, -0.2) is 10.2 Å². The molecule has 0 bridgehead atoms. The zero-order valence-corrected chi connectivity index (χ0v) is 13.5. The first kappa shape index (κ1) is 16.2. The summed E-state index contributed by atoms with van der Waals surface area (Å²) >= 11 is 1.22. The lowest BCUT2D eigenvalue weighted by atomic mass is 10.2. The van der Waals surface area contributed by atoms with Gasteiger partial charge in [-0.15, -0.1) is 5.10 Å². The minimum Gasteiger partial charge on any atom is -0.467 e. The Bertz CT molecular complexity index is 761.